The summed E-state index contributed by atoms with van der Waals surface area (Å²) < 4.78 is 6.03. The van der Waals surface area contributed by atoms with Crippen LogP contribution in [0.1, 0.15) is 39.0 Å². The minimum atomic E-state index is -0.0229. The van der Waals surface area contributed by atoms with Crippen LogP contribution in [0, 0.1) is 0 Å². The van der Waals surface area contributed by atoms with Gasteiger partial charge in [-0.05, 0) is 45.2 Å². The highest BCUT2D eigenvalue weighted by Crippen LogP contribution is 2.28. The van der Waals surface area contributed by atoms with Crippen LogP contribution < -0.4 is 5.32 Å². The Hall–Kier alpha value is 0.137. The maximum atomic E-state index is 6.03. The number of ether oxygens (including phenoxy) is 1. The molecule has 1 aliphatic rings. The first kappa shape index (κ1) is 12.2. The highest BCUT2D eigenvalue weighted by molar-refractivity contribution is 6.37. The van der Waals surface area contributed by atoms with Crippen molar-refractivity contribution in [3.63, 3.8) is 0 Å². The Kier molecular flexibility index (Phi) is 5.75. The van der Waals surface area contributed by atoms with Crippen LogP contribution in [-0.2, 0) is 4.74 Å². The number of hydrogen-bond donors (Lipinski definition) is 1. The largest absolute Gasteiger partial charge is 0.379 e. The quantitative estimate of drug-likeness (QED) is 0.535. The monoisotopic (exact) mass is 215 g/mol. The fraction of sp³-hybridized carbons (Fsp3) is 1.00. The highest BCUT2D eigenvalue weighted by Gasteiger charge is 2.30. The number of hydrogen-bond acceptors (Lipinski definition) is 2. The smallest absolute Gasteiger partial charge is 0.0564 e. The first-order valence-electron chi connectivity index (χ1n) is 6.17. The summed E-state index contributed by atoms with van der Waals surface area (Å²) in [6.07, 6.45) is 6.59. The molecule has 1 N–H and O–H groups in total. The van der Waals surface area contributed by atoms with Gasteiger partial charge in [0.25, 0.3) is 0 Å². The van der Waals surface area contributed by atoms with Crippen LogP contribution in [0.5, 0.6) is 0 Å². The molecule has 0 saturated carbocycles. The molecule has 0 spiro atoms. The Morgan fingerprint density at radius 1 is 1.43 bits per heavy atom. The molecule has 0 aromatic carbocycles. The van der Waals surface area contributed by atoms with Crippen LogP contribution in [0.2, 0.25) is 6.55 Å². The number of nitrogens with one attached hydrogen (secondary N) is 1. The summed E-state index contributed by atoms with van der Waals surface area (Å²) >= 11 is 0. The molecule has 1 saturated heterocycles. The van der Waals surface area contributed by atoms with Gasteiger partial charge in [0, 0.05) is 6.61 Å². The van der Waals surface area contributed by atoms with Crippen molar-refractivity contribution in [3.05, 3.63) is 0 Å². The fourth-order valence-electron chi connectivity index (χ4n) is 2.28. The van der Waals surface area contributed by atoms with Gasteiger partial charge in [0.2, 0.25) is 0 Å². The predicted octanol–water partition coefficient (Wildman–Crippen LogP) is 1.49. The van der Waals surface area contributed by atoms with Crippen molar-refractivity contribution in [2.45, 2.75) is 50.8 Å². The Balaban J connectivity index is 2.22. The van der Waals surface area contributed by atoms with Crippen LogP contribution in [-0.4, -0.2) is 34.4 Å². The van der Waals surface area contributed by atoms with E-state index in [1.54, 1.807) is 0 Å². The molecule has 0 aliphatic carbocycles. The summed E-state index contributed by atoms with van der Waals surface area (Å²) in [4.78, 5) is 0. The molecule has 0 amide bonds. The topological polar surface area (TPSA) is 21.3 Å². The first-order chi connectivity index (χ1) is 6.83. The summed E-state index contributed by atoms with van der Waals surface area (Å²) in [6.45, 7) is 7.84. The zero-order valence-electron chi connectivity index (χ0n) is 9.77. The zero-order chi connectivity index (χ0) is 10.3. The molecular weight excluding hydrogens is 190 g/mol. The van der Waals surface area contributed by atoms with Gasteiger partial charge in [-0.25, -0.2) is 0 Å². The van der Waals surface area contributed by atoms with E-state index in [4.69, 9.17) is 4.74 Å². The van der Waals surface area contributed by atoms with E-state index in [1.165, 1.54) is 32.1 Å². The van der Waals surface area contributed by atoms with Gasteiger partial charge in [-0.15, -0.1) is 0 Å². The first-order valence-corrected chi connectivity index (χ1v) is 8.30. The molecule has 2 nitrogen and oxygen atoms in total. The van der Waals surface area contributed by atoms with E-state index >= 15 is 0 Å². The molecule has 1 aliphatic heterocycles. The molecule has 0 radical (unpaired) electrons. The van der Waals surface area contributed by atoms with Crippen LogP contribution in [0.25, 0.3) is 0 Å². The van der Waals surface area contributed by atoms with Crippen LogP contribution in [0.3, 0.4) is 0 Å². The standard InChI is InChI=1S/C11H25NOSi/c1-3-12-9-6-8-11(14-2)7-4-5-10-13-11/h12H,3-10,14H2,1-2H3. The lowest BCUT2D eigenvalue weighted by molar-refractivity contribution is -0.0259. The second kappa shape index (κ2) is 6.59. The van der Waals surface area contributed by atoms with E-state index in [-0.39, 0.29) is 9.52 Å². The Morgan fingerprint density at radius 3 is 2.86 bits per heavy atom. The van der Waals surface area contributed by atoms with Crippen LogP contribution >= 0.6 is 0 Å². The van der Waals surface area contributed by atoms with Gasteiger partial charge in [0.15, 0.2) is 0 Å². The van der Waals surface area contributed by atoms with Gasteiger partial charge in [0.1, 0.15) is 0 Å². The predicted molar refractivity (Wildman–Crippen MR) is 64.7 cm³/mol. The molecule has 1 fully saturated rings. The lowest BCUT2D eigenvalue weighted by Gasteiger charge is -2.36. The van der Waals surface area contributed by atoms with Crippen molar-refractivity contribution >= 4 is 9.52 Å². The van der Waals surface area contributed by atoms with Crippen LogP contribution in [0.15, 0.2) is 0 Å². The van der Waals surface area contributed by atoms with E-state index in [0.717, 1.165) is 19.7 Å². The maximum absolute atomic E-state index is 6.03. The van der Waals surface area contributed by atoms with Gasteiger partial charge < -0.3 is 10.1 Å². The van der Waals surface area contributed by atoms with Gasteiger partial charge >= 0.3 is 0 Å². The fourth-order valence-corrected chi connectivity index (χ4v) is 3.83. The van der Waals surface area contributed by atoms with Gasteiger partial charge in [-0.2, -0.15) is 0 Å². The van der Waals surface area contributed by atoms with Crippen molar-refractivity contribution < 1.29 is 4.74 Å². The minimum Gasteiger partial charge on any atom is -0.379 e. The Morgan fingerprint density at radius 2 is 2.29 bits per heavy atom. The second-order valence-corrected chi connectivity index (χ2v) is 6.30. The zero-order valence-corrected chi connectivity index (χ0v) is 11.2. The molecule has 1 heterocycles. The normalized spacial score (nSPS) is 28.7. The van der Waals surface area contributed by atoms with Crippen molar-refractivity contribution in [2.75, 3.05) is 19.7 Å². The molecule has 0 aromatic rings. The second-order valence-electron chi connectivity index (χ2n) is 4.30. The molecule has 14 heavy (non-hydrogen) atoms. The summed E-state index contributed by atoms with van der Waals surface area (Å²) in [7, 11) is -0.0229. The lowest BCUT2D eigenvalue weighted by atomic mass is 10.0. The van der Waals surface area contributed by atoms with E-state index in [1.807, 2.05) is 0 Å². The molecule has 0 aromatic heterocycles. The van der Waals surface area contributed by atoms with E-state index in [2.05, 4.69) is 18.8 Å². The molecule has 0 bridgehead atoms. The average Bonchev–Trinajstić information content (AvgIpc) is 2.26. The third-order valence-electron chi connectivity index (χ3n) is 3.32. The van der Waals surface area contributed by atoms with Crippen molar-refractivity contribution in [3.8, 4) is 0 Å². The summed E-state index contributed by atoms with van der Waals surface area (Å²) in [5.74, 6) is 0. The molecule has 3 heteroatoms. The summed E-state index contributed by atoms with van der Waals surface area (Å²) in [6, 6.07) is 0. The third-order valence-corrected chi connectivity index (χ3v) is 5.52. The van der Waals surface area contributed by atoms with Crippen molar-refractivity contribution in [1.82, 2.24) is 5.32 Å². The third kappa shape index (κ3) is 3.71. The van der Waals surface area contributed by atoms with Crippen LogP contribution in [0.4, 0.5) is 0 Å². The Bertz CT molecular complexity index is 146. The summed E-state index contributed by atoms with van der Waals surface area (Å²) in [5, 5.41) is 3.76. The highest BCUT2D eigenvalue weighted by atomic mass is 28.2. The van der Waals surface area contributed by atoms with Gasteiger partial charge in [-0.3, -0.25) is 0 Å². The molecule has 1 rings (SSSR count). The van der Waals surface area contributed by atoms with Crippen molar-refractivity contribution in [1.29, 1.82) is 0 Å². The molecule has 1 unspecified atom stereocenters. The minimum absolute atomic E-state index is 0.0229. The number of rotatable bonds is 6. The SMILES string of the molecule is CCNCCCC1([SiH2]C)CCCCO1. The Labute approximate surface area is 90.6 Å². The molecule has 1 atom stereocenters. The van der Waals surface area contributed by atoms with Gasteiger partial charge in [-0.1, -0.05) is 13.5 Å². The molecule has 84 valence electrons. The van der Waals surface area contributed by atoms with Crippen molar-refractivity contribution in [2.24, 2.45) is 0 Å². The summed E-state index contributed by atoms with van der Waals surface area (Å²) in [5.41, 5.74) is 0. The maximum Gasteiger partial charge on any atom is 0.0564 e. The average molecular weight is 215 g/mol. The van der Waals surface area contributed by atoms with E-state index < -0.39 is 0 Å². The lowest BCUT2D eigenvalue weighted by Crippen LogP contribution is -2.41. The van der Waals surface area contributed by atoms with E-state index in [9.17, 15) is 0 Å². The van der Waals surface area contributed by atoms with E-state index in [0.29, 0.717) is 5.22 Å². The molecular formula is C11H25NOSi. The van der Waals surface area contributed by atoms with Gasteiger partial charge in [0.05, 0.1) is 14.7 Å².